The van der Waals surface area contributed by atoms with Crippen LogP contribution in [0, 0.1) is 0 Å². The van der Waals surface area contributed by atoms with Crippen molar-refractivity contribution in [2.24, 2.45) is 0 Å². The van der Waals surface area contributed by atoms with Crippen LogP contribution in [0.15, 0.2) is 24.5 Å². The quantitative estimate of drug-likeness (QED) is 0.616. The second-order valence-electron chi connectivity index (χ2n) is 9.19. The summed E-state index contributed by atoms with van der Waals surface area (Å²) in [5.41, 5.74) is 7.00. The van der Waals surface area contributed by atoms with Crippen LogP contribution < -0.4 is 10.2 Å². The fourth-order valence-corrected chi connectivity index (χ4v) is 4.99. The molecular weight excluding hydrogens is 412 g/mol. The van der Waals surface area contributed by atoms with Crippen LogP contribution in [-0.2, 0) is 19.4 Å². The Labute approximate surface area is 196 Å². The van der Waals surface area contributed by atoms with Crippen LogP contribution in [0.3, 0.4) is 0 Å². The highest BCUT2D eigenvalue weighted by atomic mass is 15.3. The number of rotatable bonds is 6. The molecule has 0 atom stereocenters. The highest BCUT2D eigenvalue weighted by Gasteiger charge is 2.28. The van der Waals surface area contributed by atoms with E-state index in [0.717, 1.165) is 69.3 Å². The molecule has 0 bridgehead atoms. The predicted molar refractivity (Wildman–Crippen MR) is 132 cm³/mol. The molecule has 8 nitrogen and oxygen atoms in total. The first kappa shape index (κ1) is 21.8. The van der Waals surface area contributed by atoms with Crippen molar-refractivity contribution in [3.8, 4) is 11.3 Å². The molecule has 1 aliphatic carbocycles. The van der Waals surface area contributed by atoms with Gasteiger partial charge in [0.15, 0.2) is 0 Å². The van der Waals surface area contributed by atoms with Gasteiger partial charge in [0, 0.05) is 44.5 Å². The Hall–Kier alpha value is -3.00. The van der Waals surface area contributed by atoms with Gasteiger partial charge in [0.2, 0.25) is 5.95 Å². The number of hydrogen-bond donors (Lipinski definition) is 1. The summed E-state index contributed by atoms with van der Waals surface area (Å²) in [5, 5.41) is 8.20. The molecule has 0 spiro atoms. The lowest BCUT2D eigenvalue weighted by molar-refractivity contribution is 0.271. The first-order valence-corrected chi connectivity index (χ1v) is 12.2. The van der Waals surface area contributed by atoms with Crippen LogP contribution in [0.5, 0.6) is 0 Å². The first-order chi connectivity index (χ1) is 16.1. The van der Waals surface area contributed by atoms with Gasteiger partial charge in [-0.1, -0.05) is 20.8 Å². The average molecular weight is 447 g/mol. The molecule has 1 aliphatic heterocycles. The molecule has 3 aromatic heterocycles. The molecule has 0 radical (unpaired) electrons. The molecule has 2 aliphatic rings. The second-order valence-corrected chi connectivity index (χ2v) is 9.19. The number of likely N-dealkylation sites (N-methyl/N-ethyl adjacent to an activating group) is 1. The Balaban J connectivity index is 1.37. The molecular formula is C25H34N8. The van der Waals surface area contributed by atoms with E-state index in [1.54, 1.807) is 0 Å². The maximum Gasteiger partial charge on any atom is 0.228 e. The SMILES string of the molecule is CCN1CCN(c2ccc(Nc3ncc4c(n3)-c3c(nn(CC)c3C(C)C)CC4)nc2)CC1. The van der Waals surface area contributed by atoms with Gasteiger partial charge in [-0.2, -0.15) is 5.10 Å². The first-order valence-electron chi connectivity index (χ1n) is 12.2. The minimum absolute atomic E-state index is 0.381. The van der Waals surface area contributed by atoms with Crippen molar-refractivity contribution in [1.82, 2.24) is 29.6 Å². The average Bonchev–Trinajstić information content (AvgIpc) is 3.24. The number of aromatic nitrogens is 5. The standard InChI is InChI=1S/C25H34N8/c1-5-31-11-13-32(14-12-31)19-8-10-21(26-16-19)28-25-27-15-18-7-9-20-22(23(18)29-25)24(17(3)4)33(6-2)30-20/h8,10,15-17H,5-7,9,11-14H2,1-4H3,(H,26,27,28,29). The van der Waals surface area contributed by atoms with Gasteiger partial charge in [0.25, 0.3) is 0 Å². The molecule has 0 saturated carbocycles. The topological polar surface area (TPSA) is 75.0 Å². The van der Waals surface area contributed by atoms with Gasteiger partial charge in [0.05, 0.1) is 29.0 Å². The number of pyridine rings is 1. The third-order valence-corrected chi connectivity index (χ3v) is 6.82. The van der Waals surface area contributed by atoms with E-state index in [4.69, 9.17) is 10.1 Å². The summed E-state index contributed by atoms with van der Waals surface area (Å²) < 4.78 is 2.14. The number of nitrogens with one attached hydrogen (secondary N) is 1. The van der Waals surface area contributed by atoms with Crippen LogP contribution in [0.4, 0.5) is 17.5 Å². The molecule has 0 unspecified atom stereocenters. The van der Waals surface area contributed by atoms with Crippen LogP contribution in [0.25, 0.3) is 11.3 Å². The Morgan fingerprint density at radius 2 is 1.79 bits per heavy atom. The van der Waals surface area contributed by atoms with E-state index in [2.05, 4.69) is 63.5 Å². The third-order valence-electron chi connectivity index (χ3n) is 6.82. The van der Waals surface area contributed by atoms with Gasteiger partial charge in [-0.05, 0) is 49.9 Å². The Morgan fingerprint density at radius 1 is 0.970 bits per heavy atom. The number of nitrogens with zero attached hydrogens (tertiary/aromatic N) is 7. The monoisotopic (exact) mass is 446 g/mol. The van der Waals surface area contributed by atoms with E-state index in [9.17, 15) is 0 Å². The lowest BCUT2D eigenvalue weighted by Crippen LogP contribution is -2.46. The molecule has 0 amide bonds. The Kier molecular flexibility index (Phi) is 6.01. The van der Waals surface area contributed by atoms with Crippen molar-refractivity contribution in [1.29, 1.82) is 0 Å². The van der Waals surface area contributed by atoms with Crippen LogP contribution in [0.2, 0.25) is 0 Å². The number of aryl methyl sites for hydroxylation is 3. The minimum Gasteiger partial charge on any atom is -0.368 e. The maximum absolute atomic E-state index is 4.94. The lowest BCUT2D eigenvalue weighted by Gasteiger charge is -2.35. The summed E-state index contributed by atoms with van der Waals surface area (Å²) in [6.45, 7) is 15.1. The van der Waals surface area contributed by atoms with Crippen molar-refractivity contribution >= 4 is 17.5 Å². The highest BCUT2D eigenvalue weighted by molar-refractivity contribution is 5.72. The molecule has 3 aromatic rings. The number of anilines is 3. The molecule has 33 heavy (non-hydrogen) atoms. The maximum atomic E-state index is 4.94. The Bertz CT molecular complexity index is 1110. The van der Waals surface area contributed by atoms with Gasteiger partial charge >= 0.3 is 0 Å². The zero-order chi connectivity index (χ0) is 22.9. The summed E-state index contributed by atoms with van der Waals surface area (Å²) in [4.78, 5) is 19.1. The van der Waals surface area contributed by atoms with Crippen molar-refractivity contribution in [2.45, 2.75) is 53.0 Å². The lowest BCUT2D eigenvalue weighted by atomic mass is 9.90. The molecule has 0 aromatic carbocycles. The predicted octanol–water partition coefficient (Wildman–Crippen LogP) is 3.86. The third kappa shape index (κ3) is 4.19. The number of hydrogen-bond acceptors (Lipinski definition) is 7. The molecule has 1 saturated heterocycles. The van der Waals surface area contributed by atoms with Crippen molar-refractivity contribution < 1.29 is 0 Å². The molecule has 174 valence electrons. The summed E-state index contributed by atoms with van der Waals surface area (Å²) in [6, 6.07) is 4.15. The van der Waals surface area contributed by atoms with E-state index in [-0.39, 0.29) is 0 Å². The summed E-state index contributed by atoms with van der Waals surface area (Å²) >= 11 is 0. The van der Waals surface area contributed by atoms with E-state index in [1.165, 1.54) is 22.5 Å². The largest absolute Gasteiger partial charge is 0.368 e. The fraction of sp³-hybridized carbons (Fsp3) is 0.520. The summed E-state index contributed by atoms with van der Waals surface area (Å²) in [7, 11) is 0. The molecule has 1 N–H and O–H groups in total. The van der Waals surface area contributed by atoms with E-state index in [1.807, 2.05) is 18.5 Å². The minimum atomic E-state index is 0.381. The molecule has 5 rings (SSSR count). The van der Waals surface area contributed by atoms with Crippen LogP contribution in [-0.4, -0.2) is 62.4 Å². The van der Waals surface area contributed by atoms with Crippen molar-refractivity contribution in [2.75, 3.05) is 42.9 Å². The molecule has 8 heteroatoms. The van der Waals surface area contributed by atoms with Crippen LogP contribution >= 0.6 is 0 Å². The normalized spacial score (nSPS) is 16.1. The smallest absolute Gasteiger partial charge is 0.228 e. The zero-order valence-corrected chi connectivity index (χ0v) is 20.2. The van der Waals surface area contributed by atoms with Gasteiger partial charge in [0.1, 0.15) is 5.82 Å². The Morgan fingerprint density at radius 3 is 2.45 bits per heavy atom. The fourth-order valence-electron chi connectivity index (χ4n) is 4.99. The van der Waals surface area contributed by atoms with Gasteiger partial charge in [-0.3, -0.25) is 4.68 Å². The highest BCUT2D eigenvalue weighted by Crippen LogP contribution is 2.38. The van der Waals surface area contributed by atoms with Gasteiger partial charge < -0.3 is 15.1 Å². The van der Waals surface area contributed by atoms with Crippen LogP contribution in [0.1, 0.15) is 50.6 Å². The van der Waals surface area contributed by atoms with Crippen molar-refractivity contribution in [3.05, 3.63) is 41.5 Å². The van der Waals surface area contributed by atoms with Gasteiger partial charge in [-0.15, -0.1) is 0 Å². The van der Waals surface area contributed by atoms with E-state index in [0.29, 0.717) is 11.9 Å². The summed E-state index contributed by atoms with van der Waals surface area (Å²) in [6.07, 6.45) is 5.78. The summed E-state index contributed by atoms with van der Waals surface area (Å²) in [5.74, 6) is 1.72. The second kappa shape index (κ2) is 9.09. The van der Waals surface area contributed by atoms with Gasteiger partial charge in [-0.25, -0.2) is 15.0 Å². The number of fused-ring (bicyclic) bond motifs is 3. The zero-order valence-electron chi connectivity index (χ0n) is 20.2. The molecule has 4 heterocycles. The van der Waals surface area contributed by atoms with E-state index < -0.39 is 0 Å². The van der Waals surface area contributed by atoms with E-state index >= 15 is 0 Å². The molecule has 1 fully saturated rings. The van der Waals surface area contributed by atoms with Crippen molar-refractivity contribution in [3.63, 3.8) is 0 Å². The number of piperazine rings is 1.